The molecule has 58 valence electrons. The fourth-order valence-corrected chi connectivity index (χ4v) is 1.29. The number of hydrogen-bond acceptors (Lipinski definition) is 1. The third-order valence-electron chi connectivity index (χ3n) is 2.06. The van der Waals surface area contributed by atoms with Gasteiger partial charge in [-0.25, -0.2) is 0 Å². The summed E-state index contributed by atoms with van der Waals surface area (Å²) in [5.74, 6) is 0.970. The van der Waals surface area contributed by atoms with Gasteiger partial charge in [-0.15, -0.1) is 0 Å². The largest absolute Gasteiger partial charge is 0.356 e. The van der Waals surface area contributed by atoms with Crippen LogP contribution in [0.3, 0.4) is 0 Å². The summed E-state index contributed by atoms with van der Waals surface area (Å²) in [5.41, 5.74) is 0. The molecule has 1 fully saturated rings. The van der Waals surface area contributed by atoms with Gasteiger partial charge in [0.05, 0.1) is 0 Å². The summed E-state index contributed by atoms with van der Waals surface area (Å²) in [6.45, 7) is 3.10. The van der Waals surface area contributed by atoms with Crippen LogP contribution in [0.4, 0.5) is 0 Å². The number of nitrogens with one attached hydrogen (secondary N) is 1. The third-order valence-corrected chi connectivity index (χ3v) is 2.06. The van der Waals surface area contributed by atoms with E-state index >= 15 is 0 Å². The average molecular weight is 141 g/mol. The van der Waals surface area contributed by atoms with Crippen LogP contribution in [0.25, 0.3) is 0 Å². The average Bonchev–Trinajstić information content (AvgIpc) is 1.90. The highest BCUT2D eigenvalue weighted by atomic mass is 16.1. The molecule has 1 atom stereocenters. The molecule has 0 saturated carbocycles. The molecule has 2 nitrogen and oxygen atoms in total. The van der Waals surface area contributed by atoms with Gasteiger partial charge in [-0.3, -0.25) is 4.79 Å². The van der Waals surface area contributed by atoms with Gasteiger partial charge in [-0.2, -0.15) is 0 Å². The van der Waals surface area contributed by atoms with E-state index in [-0.39, 0.29) is 5.91 Å². The van der Waals surface area contributed by atoms with Gasteiger partial charge < -0.3 is 5.32 Å². The SMILES string of the molecule is CC1CCCNC(=O)CC1. The maximum absolute atomic E-state index is 10.9. The first-order valence-electron chi connectivity index (χ1n) is 4.06. The van der Waals surface area contributed by atoms with E-state index in [4.69, 9.17) is 0 Å². The topological polar surface area (TPSA) is 29.1 Å². The number of rotatable bonds is 0. The maximum atomic E-state index is 10.9. The van der Waals surface area contributed by atoms with Crippen molar-refractivity contribution in [3.63, 3.8) is 0 Å². The predicted molar refractivity (Wildman–Crippen MR) is 40.6 cm³/mol. The van der Waals surface area contributed by atoms with E-state index in [1.807, 2.05) is 0 Å². The van der Waals surface area contributed by atoms with Crippen LogP contribution in [0.2, 0.25) is 0 Å². The lowest BCUT2D eigenvalue weighted by Crippen LogP contribution is -2.26. The lowest BCUT2D eigenvalue weighted by atomic mass is 9.98. The highest BCUT2D eigenvalue weighted by Crippen LogP contribution is 2.13. The smallest absolute Gasteiger partial charge is 0.220 e. The quantitative estimate of drug-likeness (QED) is 0.541. The zero-order valence-corrected chi connectivity index (χ0v) is 6.52. The summed E-state index contributed by atoms with van der Waals surface area (Å²) >= 11 is 0. The minimum Gasteiger partial charge on any atom is -0.356 e. The van der Waals surface area contributed by atoms with Crippen LogP contribution in [0.15, 0.2) is 0 Å². The van der Waals surface area contributed by atoms with Crippen LogP contribution in [0, 0.1) is 5.92 Å². The first-order valence-corrected chi connectivity index (χ1v) is 4.06. The van der Waals surface area contributed by atoms with Crippen LogP contribution in [0.1, 0.15) is 32.6 Å². The Hall–Kier alpha value is -0.530. The lowest BCUT2D eigenvalue weighted by molar-refractivity contribution is -0.121. The van der Waals surface area contributed by atoms with Crippen LogP contribution < -0.4 is 5.32 Å². The predicted octanol–water partition coefficient (Wildman–Crippen LogP) is 1.31. The normalized spacial score (nSPS) is 28.5. The van der Waals surface area contributed by atoms with Crippen molar-refractivity contribution in [3.05, 3.63) is 0 Å². The second-order valence-corrected chi connectivity index (χ2v) is 3.14. The van der Waals surface area contributed by atoms with Crippen molar-refractivity contribution < 1.29 is 4.79 Å². The molecule has 0 spiro atoms. The van der Waals surface area contributed by atoms with Gasteiger partial charge in [0.2, 0.25) is 5.91 Å². The molecule has 1 unspecified atom stereocenters. The summed E-state index contributed by atoms with van der Waals surface area (Å²) in [6, 6.07) is 0. The van der Waals surface area contributed by atoms with Gasteiger partial charge >= 0.3 is 0 Å². The van der Waals surface area contributed by atoms with Crippen LogP contribution in [-0.4, -0.2) is 12.5 Å². The third kappa shape index (κ3) is 2.38. The number of hydrogen-bond donors (Lipinski definition) is 1. The van der Waals surface area contributed by atoms with Crippen LogP contribution in [0.5, 0.6) is 0 Å². The fraction of sp³-hybridized carbons (Fsp3) is 0.875. The van der Waals surface area contributed by atoms with E-state index in [0.717, 1.165) is 31.7 Å². The molecule has 1 aliphatic heterocycles. The van der Waals surface area contributed by atoms with Crippen molar-refractivity contribution in [1.82, 2.24) is 5.32 Å². The molecule has 1 saturated heterocycles. The van der Waals surface area contributed by atoms with Gasteiger partial charge in [0.25, 0.3) is 0 Å². The Labute approximate surface area is 62.0 Å². The van der Waals surface area contributed by atoms with Crippen molar-refractivity contribution in [3.8, 4) is 0 Å². The lowest BCUT2D eigenvalue weighted by Gasteiger charge is -2.14. The summed E-state index contributed by atoms with van der Waals surface area (Å²) in [6.07, 6.45) is 4.19. The molecule has 0 aliphatic carbocycles. The first kappa shape index (κ1) is 7.58. The van der Waals surface area contributed by atoms with E-state index in [1.165, 1.54) is 6.42 Å². The molecule has 1 amide bonds. The summed E-state index contributed by atoms with van der Waals surface area (Å²) in [4.78, 5) is 10.9. The highest BCUT2D eigenvalue weighted by Gasteiger charge is 2.09. The van der Waals surface area contributed by atoms with Crippen molar-refractivity contribution in [2.24, 2.45) is 5.92 Å². The van der Waals surface area contributed by atoms with Crippen molar-refractivity contribution >= 4 is 5.91 Å². The Morgan fingerprint density at radius 1 is 1.50 bits per heavy atom. The molecule has 1 heterocycles. The zero-order valence-electron chi connectivity index (χ0n) is 6.52. The molecular formula is C8H15NO. The van der Waals surface area contributed by atoms with Crippen molar-refractivity contribution in [2.75, 3.05) is 6.54 Å². The Morgan fingerprint density at radius 2 is 2.30 bits per heavy atom. The molecule has 2 heteroatoms. The minimum absolute atomic E-state index is 0.228. The van der Waals surface area contributed by atoms with Gasteiger partial charge in [-0.1, -0.05) is 6.92 Å². The van der Waals surface area contributed by atoms with Crippen LogP contribution >= 0.6 is 0 Å². The minimum atomic E-state index is 0.228. The Kier molecular flexibility index (Phi) is 2.72. The Balaban J connectivity index is 2.29. The van der Waals surface area contributed by atoms with Crippen molar-refractivity contribution in [1.29, 1.82) is 0 Å². The standard InChI is InChI=1S/C8H15NO/c1-7-3-2-6-9-8(10)5-4-7/h7H,2-6H2,1H3,(H,9,10). The summed E-state index contributed by atoms with van der Waals surface area (Å²) in [7, 11) is 0. The molecule has 0 aromatic rings. The Bertz CT molecular complexity index is 122. The number of carbonyl (C=O) groups is 1. The van der Waals surface area contributed by atoms with E-state index in [9.17, 15) is 4.79 Å². The van der Waals surface area contributed by atoms with Gasteiger partial charge in [0, 0.05) is 13.0 Å². The van der Waals surface area contributed by atoms with E-state index in [0.29, 0.717) is 0 Å². The van der Waals surface area contributed by atoms with E-state index in [1.54, 1.807) is 0 Å². The Morgan fingerprint density at radius 3 is 3.10 bits per heavy atom. The molecule has 1 aliphatic rings. The molecule has 10 heavy (non-hydrogen) atoms. The first-order chi connectivity index (χ1) is 4.79. The highest BCUT2D eigenvalue weighted by molar-refractivity contribution is 5.75. The van der Waals surface area contributed by atoms with Gasteiger partial charge in [0.1, 0.15) is 0 Å². The number of carbonyl (C=O) groups excluding carboxylic acids is 1. The van der Waals surface area contributed by atoms with E-state index < -0.39 is 0 Å². The van der Waals surface area contributed by atoms with E-state index in [2.05, 4.69) is 12.2 Å². The zero-order chi connectivity index (χ0) is 7.40. The molecule has 0 radical (unpaired) electrons. The fourth-order valence-electron chi connectivity index (χ4n) is 1.29. The van der Waals surface area contributed by atoms with Crippen LogP contribution in [-0.2, 0) is 4.79 Å². The second kappa shape index (κ2) is 3.59. The summed E-state index contributed by atoms with van der Waals surface area (Å²) < 4.78 is 0. The van der Waals surface area contributed by atoms with Gasteiger partial charge in [0.15, 0.2) is 0 Å². The monoisotopic (exact) mass is 141 g/mol. The molecule has 0 aromatic heterocycles. The summed E-state index contributed by atoms with van der Waals surface area (Å²) in [5, 5.41) is 2.87. The molecule has 0 aromatic carbocycles. The molecular weight excluding hydrogens is 126 g/mol. The molecule has 1 rings (SSSR count). The second-order valence-electron chi connectivity index (χ2n) is 3.14. The molecule has 0 bridgehead atoms. The number of amides is 1. The van der Waals surface area contributed by atoms with Gasteiger partial charge in [-0.05, 0) is 25.2 Å². The molecule has 1 N–H and O–H groups in total. The maximum Gasteiger partial charge on any atom is 0.220 e. The van der Waals surface area contributed by atoms with Crippen molar-refractivity contribution in [2.45, 2.75) is 32.6 Å².